The summed E-state index contributed by atoms with van der Waals surface area (Å²) >= 11 is 3.13. The van der Waals surface area contributed by atoms with Crippen molar-refractivity contribution >= 4 is 25.8 Å². The lowest BCUT2D eigenvalue weighted by Crippen LogP contribution is -2.14. The molecule has 1 aromatic carbocycles. The highest BCUT2D eigenvalue weighted by atomic mass is 79.9. The number of hydrogen-bond donors (Lipinski definition) is 0. The molecule has 0 atom stereocenters. The average Bonchev–Trinajstić information content (AvgIpc) is 2.02. The molecule has 0 amide bonds. The molecule has 0 saturated heterocycles. The Morgan fingerprint density at radius 1 is 1.29 bits per heavy atom. The summed E-state index contributed by atoms with van der Waals surface area (Å²) in [7, 11) is -3.80. The summed E-state index contributed by atoms with van der Waals surface area (Å²) in [5.74, 6) is -1.07. The van der Waals surface area contributed by atoms with E-state index in [2.05, 4.69) is 15.9 Å². The Labute approximate surface area is 88.9 Å². The van der Waals surface area contributed by atoms with Crippen LogP contribution in [0.5, 0.6) is 0 Å². The predicted octanol–water partition coefficient (Wildman–Crippen LogP) is 1.46. The van der Waals surface area contributed by atoms with Gasteiger partial charge in [0.2, 0.25) is 9.84 Å². The normalized spacial score (nSPS) is 11.2. The van der Waals surface area contributed by atoms with Gasteiger partial charge >= 0.3 is 5.88 Å². The smallest absolute Gasteiger partial charge is 0.263 e. The topological polar surface area (TPSA) is 77.3 Å². The molecule has 14 heavy (non-hydrogen) atoms. The zero-order valence-electron chi connectivity index (χ0n) is 6.88. The van der Waals surface area contributed by atoms with Crippen LogP contribution in [0.25, 0.3) is 0 Å². The summed E-state index contributed by atoms with van der Waals surface area (Å²) < 4.78 is 23.3. The zero-order valence-corrected chi connectivity index (χ0v) is 9.29. The van der Waals surface area contributed by atoms with Crippen molar-refractivity contribution in [2.45, 2.75) is 4.90 Å². The SMILES string of the molecule is O=[N+]([O-])CS(=O)(=O)c1ccc(Br)cc1. The Kier molecular flexibility index (Phi) is 3.22. The van der Waals surface area contributed by atoms with E-state index in [1.165, 1.54) is 24.3 Å². The molecule has 1 rings (SSSR count). The van der Waals surface area contributed by atoms with E-state index in [4.69, 9.17) is 0 Å². The van der Waals surface area contributed by atoms with E-state index in [1.807, 2.05) is 0 Å². The summed E-state index contributed by atoms with van der Waals surface area (Å²) in [5, 5.41) is 10.1. The first kappa shape index (κ1) is 11.1. The van der Waals surface area contributed by atoms with Gasteiger partial charge in [-0.25, -0.2) is 8.42 Å². The number of rotatable bonds is 3. The monoisotopic (exact) mass is 279 g/mol. The van der Waals surface area contributed by atoms with Crippen molar-refractivity contribution < 1.29 is 13.3 Å². The number of benzene rings is 1. The lowest BCUT2D eigenvalue weighted by Gasteiger charge is -1.98. The Morgan fingerprint density at radius 3 is 2.21 bits per heavy atom. The van der Waals surface area contributed by atoms with E-state index < -0.39 is 20.6 Å². The molecule has 1 aromatic rings. The minimum absolute atomic E-state index is 0.0441. The van der Waals surface area contributed by atoms with Crippen molar-refractivity contribution in [3.63, 3.8) is 0 Å². The van der Waals surface area contributed by atoms with Crippen molar-refractivity contribution in [3.05, 3.63) is 38.9 Å². The number of halogens is 1. The largest absolute Gasteiger partial charge is 0.305 e. The van der Waals surface area contributed by atoms with Crippen LogP contribution in [0.4, 0.5) is 0 Å². The summed E-state index contributed by atoms with van der Waals surface area (Å²) in [6, 6.07) is 5.69. The van der Waals surface area contributed by atoms with Gasteiger partial charge in [-0.05, 0) is 24.3 Å². The highest BCUT2D eigenvalue weighted by Gasteiger charge is 2.20. The van der Waals surface area contributed by atoms with Crippen LogP contribution < -0.4 is 0 Å². The molecule has 7 heteroatoms. The molecular weight excluding hydrogens is 274 g/mol. The van der Waals surface area contributed by atoms with Crippen LogP contribution in [0.15, 0.2) is 33.6 Å². The standard InChI is InChI=1S/C7H6BrNO4S/c8-6-1-3-7(4-2-6)14(12,13)5-9(10)11/h1-4H,5H2. The second-order valence-electron chi connectivity index (χ2n) is 2.53. The maximum absolute atomic E-state index is 11.3. The van der Waals surface area contributed by atoms with E-state index in [0.717, 1.165) is 4.47 Å². The van der Waals surface area contributed by atoms with E-state index in [-0.39, 0.29) is 4.90 Å². The predicted molar refractivity (Wildman–Crippen MR) is 53.2 cm³/mol. The average molecular weight is 280 g/mol. The van der Waals surface area contributed by atoms with Gasteiger partial charge in [-0.1, -0.05) is 15.9 Å². The number of nitro groups is 1. The Balaban J connectivity index is 3.05. The molecule has 0 bridgehead atoms. The van der Waals surface area contributed by atoms with Gasteiger partial charge in [-0.15, -0.1) is 0 Å². The molecule has 0 saturated carbocycles. The van der Waals surface area contributed by atoms with Gasteiger partial charge in [-0.2, -0.15) is 0 Å². The van der Waals surface area contributed by atoms with Gasteiger partial charge in [0.15, 0.2) is 0 Å². The summed E-state index contributed by atoms with van der Waals surface area (Å²) in [5.41, 5.74) is 0. The molecule has 0 heterocycles. The minimum Gasteiger partial charge on any atom is -0.263 e. The van der Waals surface area contributed by atoms with Gasteiger partial charge < -0.3 is 0 Å². The van der Waals surface area contributed by atoms with Gasteiger partial charge in [0.25, 0.3) is 0 Å². The first-order chi connectivity index (χ1) is 6.42. The molecule has 0 N–H and O–H groups in total. The van der Waals surface area contributed by atoms with Crippen LogP contribution in [-0.4, -0.2) is 19.2 Å². The van der Waals surface area contributed by atoms with Crippen LogP contribution >= 0.6 is 15.9 Å². The second-order valence-corrected chi connectivity index (χ2v) is 5.41. The van der Waals surface area contributed by atoms with Gasteiger partial charge in [-0.3, -0.25) is 10.1 Å². The molecule has 76 valence electrons. The Hall–Kier alpha value is -0.950. The molecule has 0 spiro atoms. The number of hydrogen-bond acceptors (Lipinski definition) is 4. The summed E-state index contributed by atoms with van der Waals surface area (Å²) in [4.78, 5) is 9.16. The van der Waals surface area contributed by atoms with Crippen molar-refractivity contribution in [3.8, 4) is 0 Å². The Bertz CT molecular complexity index is 439. The highest BCUT2D eigenvalue weighted by molar-refractivity contribution is 9.10. The van der Waals surface area contributed by atoms with Gasteiger partial charge in [0, 0.05) is 9.40 Å². The quantitative estimate of drug-likeness (QED) is 0.620. The van der Waals surface area contributed by atoms with E-state index in [0.29, 0.717) is 0 Å². The highest BCUT2D eigenvalue weighted by Crippen LogP contribution is 2.15. The zero-order chi connectivity index (χ0) is 10.8. The lowest BCUT2D eigenvalue weighted by atomic mass is 10.4. The molecule has 0 aliphatic carbocycles. The third kappa shape index (κ3) is 2.78. The van der Waals surface area contributed by atoms with Crippen molar-refractivity contribution in [2.75, 3.05) is 5.88 Å². The fraction of sp³-hybridized carbons (Fsp3) is 0.143. The van der Waals surface area contributed by atoms with E-state index >= 15 is 0 Å². The van der Waals surface area contributed by atoms with Crippen molar-refractivity contribution in [1.29, 1.82) is 0 Å². The first-order valence-electron chi connectivity index (χ1n) is 3.52. The van der Waals surface area contributed by atoms with Crippen LogP contribution in [0, 0.1) is 10.1 Å². The lowest BCUT2D eigenvalue weighted by molar-refractivity contribution is -0.458. The molecule has 5 nitrogen and oxygen atoms in total. The molecule has 0 radical (unpaired) electrons. The summed E-state index contributed by atoms with van der Waals surface area (Å²) in [6.07, 6.45) is 0. The van der Waals surface area contributed by atoms with Crippen LogP contribution in [-0.2, 0) is 9.84 Å². The minimum atomic E-state index is -3.80. The van der Waals surface area contributed by atoms with E-state index in [1.54, 1.807) is 0 Å². The number of sulfone groups is 1. The summed E-state index contributed by atoms with van der Waals surface area (Å²) in [6.45, 7) is 0. The maximum Gasteiger partial charge on any atom is 0.305 e. The molecule has 0 aliphatic rings. The molecule has 0 aliphatic heterocycles. The number of nitrogens with zero attached hydrogens (tertiary/aromatic N) is 1. The third-order valence-electron chi connectivity index (χ3n) is 1.45. The molecule has 0 unspecified atom stereocenters. The first-order valence-corrected chi connectivity index (χ1v) is 5.96. The Morgan fingerprint density at radius 2 is 1.79 bits per heavy atom. The van der Waals surface area contributed by atoms with Crippen LogP contribution in [0.1, 0.15) is 0 Å². The van der Waals surface area contributed by atoms with Crippen molar-refractivity contribution in [1.82, 2.24) is 0 Å². The molecule has 0 aromatic heterocycles. The third-order valence-corrected chi connectivity index (χ3v) is 3.52. The van der Waals surface area contributed by atoms with Gasteiger partial charge in [0.1, 0.15) is 0 Å². The van der Waals surface area contributed by atoms with Crippen LogP contribution in [0.3, 0.4) is 0 Å². The van der Waals surface area contributed by atoms with Gasteiger partial charge in [0.05, 0.1) is 4.90 Å². The van der Waals surface area contributed by atoms with Crippen LogP contribution in [0.2, 0.25) is 0 Å². The van der Waals surface area contributed by atoms with E-state index in [9.17, 15) is 18.5 Å². The fourth-order valence-electron chi connectivity index (χ4n) is 0.855. The second kappa shape index (κ2) is 4.05. The maximum atomic E-state index is 11.3. The molecular formula is C7H6BrNO4S. The fourth-order valence-corrected chi connectivity index (χ4v) is 2.10. The molecule has 0 fully saturated rings. The van der Waals surface area contributed by atoms with Crippen molar-refractivity contribution in [2.24, 2.45) is 0 Å².